The van der Waals surface area contributed by atoms with Crippen LogP contribution in [-0.4, -0.2) is 41.2 Å². The van der Waals surface area contributed by atoms with Crippen molar-refractivity contribution < 1.29 is 9.66 Å². The highest BCUT2D eigenvalue weighted by molar-refractivity contribution is 5.60. The van der Waals surface area contributed by atoms with Crippen LogP contribution in [0.1, 0.15) is 19.0 Å². The van der Waals surface area contributed by atoms with Crippen molar-refractivity contribution >= 4 is 11.5 Å². The fourth-order valence-corrected chi connectivity index (χ4v) is 3.12. The third kappa shape index (κ3) is 3.76. The molecule has 132 valence electrons. The van der Waals surface area contributed by atoms with E-state index >= 15 is 0 Å². The van der Waals surface area contributed by atoms with Crippen LogP contribution < -0.4 is 4.90 Å². The van der Waals surface area contributed by atoms with Crippen LogP contribution in [0.15, 0.2) is 30.3 Å². The molecule has 3 rings (SSSR count). The fourth-order valence-electron chi connectivity index (χ4n) is 3.12. The van der Waals surface area contributed by atoms with Gasteiger partial charge in [0.15, 0.2) is 5.82 Å². The molecule has 0 amide bonds. The molecule has 0 saturated carbocycles. The van der Waals surface area contributed by atoms with Gasteiger partial charge in [0.2, 0.25) is 0 Å². The SMILES string of the molecule is COC1CN(c2cc(C)nc(-c3ccc([N+](=O)[O-])cc3)n2)CCC1C. The Morgan fingerprint density at radius 3 is 2.64 bits per heavy atom. The number of nitro groups is 1. The van der Waals surface area contributed by atoms with Crippen LogP contribution in [0.3, 0.4) is 0 Å². The zero-order valence-electron chi connectivity index (χ0n) is 14.7. The number of benzene rings is 1. The molecule has 1 saturated heterocycles. The Morgan fingerprint density at radius 1 is 1.28 bits per heavy atom. The lowest BCUT2D eigenvalue weighted by Gasteiger charge is -2.37. The van der Waals surface area contributed by atoms with Crippen LogP contribution in [0.5, 0.6) is 0 Å². The maximum absolute atomic E-state index is 10.8. The molecule has 1 aromatic heterocycles. The van der Waals surface area contributed by atoms with E-state index in [0.29, 0.717) is 11.7 Å². The summed E-state index contributed by atoms with van der Waals surface area (Å²) in [5.74, 6) is 1.98. The molecule has 0 spiro atoms. The van der Waals surface area contributed by atoms with Crippen molar-refractivity contribution in [1.29, 1.82) is 0 Å². The zero-order valence-corrected chi connectivity index (χ0v) is 14.7. The normalized spacial score (nSPS) is 20.5. The number of aryl methyl sites for hydroxylation is 1. The van der Waals surface area contributed by atoms with Crippen molar-refractivity contribution in [1.82, 2.24) is 9.97 Å². The van der Waals surface area contributed by atoms with E-state index < -0.39 is 4.92 Å². The van der Waals surface area contributed by atoms with Crippen molar-refractivity contribution in [3.05, 3.63) is 46.1 Å². The third-order valence-corrected chi connectivity index (χ3v) is 4.69. The molecule has 1 aromatic carbocycles. The molecule has 1 aliphatic heterocycles. The predicted molar refractivity (Wildman–Crippen MR) is 95.7 cm³/mol. The van der Waals surface area contributed by atoms with Crippen LogP contribution in [0.4, 0.5) is 11.5 Å². The monoisotopic (exact) mass is 342 g/mol. The molecule has 2 aromatic rings. The Hall–Kier alpha value is -2.54. The van der Waals surface area contributed by atoms with Gasteiger partial charge < -0.3 is 9.64 Å². The van der Waals surface area contributed by atoms with Crippen LogP contribution in [0, 0.1) is 23.0 Å². The van der Waals surface area contributed by atoms with Crippen molar-refractivity contribution in [2.24, 2.45) is 5.92 Å². The van der Waals surface area contributed by atoms with Gasteiger partial charge in [-0.3, -0.25) is 10.1 Å². The van der Waals surface area contributed by atoms with Gasteiger partial charge in [0.05, 0.1) is 11.0 Å². The Morgan fingerprint density at radius 2 is 2.00 bits per heavy atom. The Kier molecular flexibility index (Phi) is 4.94. The topological polar surface area (TPSA) is 81.4 Å². The Labute approximate surface area is 146 Å². The highest BCUT2D eigenvalue weighted by Gasteiger charge is 2.27. The Balaban J connectivity index is 1.89. The molecule has 0 radical (unpaired) electrons. The van der Waals surface area contributed by atoms with Gasteiger partial charge in [0, 0.05) is 49.7 Å². The summed E-state index contributed by atoms with van der Waals surface area (Å²) < 4.78 is 5.59. The van der Waals surface area contributed by atoms with Crippen molar-refractivity contribution in [2.45, 2.75) is 26.4 Å². The molecule has 0 N–H and O–H groups in total. The summed E-state index contributed by atoms with van der Waals surface area (Å²) in [6.07, 6.45) is 1.24. The summed E-state index contributed by atoms with van der Waals surface area (Å²) in [4.78, 5) is 21.8. The minimum absolute atomic E-state index is 0.0598. The number of piperidine rings is 1. The number of rotatable bonds is 4. The summed E-state index contributed by atoms with van der Waals surface area (Å²) >= 11 is 0. The summed E-state index contributed by atoms with van der Waals surface area (Å²) in [6, 6.07) is 8.30. The minimum Gasteiger partial charge on any atom is -0.379 e. The van der Waals surface area contributed by atoms with Gasteiger partial charge in [-0.15, -0.1) is 0 Å². The van der Waals surface area contributed by atoms with E-state index in [1.807, 2.05) is 13.0 Å². The van der Waals surface area contributed by atoms with Crippen LogP contribution in [0.2, 0.25) is 0 Å². The number of nitrogens with zero attached hydrogens (tertiary/aromatic N) is 4. The number of ether oxygens (including phenoxy) is 1. The highest BCUT2D eigenvalue weighted by Crippen LogP contribution is 2.26. The minimum atomic E-state index is -0.411. The highest BCUT2D eigenvalue weighted by atomic mass is 16.6. The number of hydrogen-bond donors (Lipinski definition) is 0. The van der Waals surface area contributed by atoms with E-state index in [1.54, 1.807) is 19.2 Å². The molecule has 0 aliphatic carbocycles. The van der Waals surface area contributed by atoms with Gasteiger partial charge in [-0.1, -0.05) is 6.92 Å². The number of nitro benzene ring substituents is 1. The first-order valence-corrected chi connectivity index (χ1v) is 8.36. The van der Waals surface area contributed by atoms with Crippen LogP contribution >= 0.6 is 0 Å². The van der Waals surface area contributed by atoms with Gasteiger partial charge in [-0.05, 0) is 31.4 Å². The Bertz CT molecular complexity index is 763. The maximum Gasteiger partial charge on any atom is 0.269 e. The van der Waals surface area contributed by atoms with Gasteiger partial charge >= 0.3 is 0 Å². The second-order valence-electron chi connectivity index (χ2n) is 6.48. The summed E-state index contributed by atoms with van der Waals surface area (Å²) in [5, 5.41) is 10.8. The average Bonchev–Trinajstić information content (AvgIpc) is 2.61. The second kappa shape index (κ2) is 7.14. The molecular weight excluding hydrogens is 320 g/mol. The van der Waals surface area contributed by atoms with Crippen molar-refractivity contribution in [2.75, 3.05) is 25.1 Å². The average molecular weight is 342 g/mol. The first kappa shape index (κ1) is 17.3. The van der Waals surface area contributed by atoms with E-state index in [2.05, 4.69) is 21.8 Å². The summed E-state index contributed by atoms with van der Waals surface area (Å²) in [7, 11) is 1.75. The number of anilines is 1. The first-order valence-electron chi connectivity index (χ1n) is 8.36. The second-order valence-corrected chi connectivity index (χ2v) is 6.48. The largest absolute Gasteiger partial charge is 0.379 e. The molecule has 2 atom stereocenters. The maximum atomic E-state index is 10.8. The summed E-state index contributed by atoms with van der Waals surface area (Å²) in [5.41, 5.74) is 1.69. The molecule has 0 bridgehead atoms. The molecule has 1 fully saturated rings. The first-order chi connectivity index (χ1) is 12.0. The van der Waals surface area contributed by atoms with Gasteiger partial charge in [0.25, 0.3) is 5.69 Å². The van der Waals surface area contributed by atoms with E-state index in [-0.39, 0.29) is 11.8 Å². The number of methoxy groups -OCH3 is 1. The number of hydrogen-bond acceptors (Lipinski definition) is 6. The van der Waals surface area contributed by atoms with Crippen molar-refractivity contribution in [3.63, 3.8) is 0 Å². The molecular formula is C18H22N4O3. The molecule has 2 unspecified atom stereocenters. The predicted octanol–water partition coefficient (Wildman–Crippen LogP) is 3.22. The van der Waals surface area contributed by atoms with Gasteiger partial charge in [0.1, 0.15) is 5.82 Å². The van der Waals surface area contributed by atoms with E-state index in [4.69, 9.17) is 4.74 Å². The molecule has 7 nitrogen and oxygen atoms in total. The molecule has 1 aliphatic rings. The standard InChI is InChI=1S/C18H22N4O3/c1-12-8-9-21(11-16(12)25-3)17-10-13(2)19-18(20-17)14-4-6-15(7-5-14)22(23)24/h4-7,10,12,16H,8-9,11H2,1-3H3. The van der Waals surface area contributed by atoms with Crippen molar-refractivity contribution in [3.8, 4) is 11.4 Å². The smallest absolute Gasteiger partial charge is 0.269 e. The quantitative estimate of drug-likeness (QED) is 0.627. The lowest BCUT2D eigenvalue weighted by molar-refractivity contribution is -0.384. The molecule has 2 heterocycles. The van der Waals surface area contributed by atoms with Crippen LogP contribution in [-0.2, 0) is 4.74 Å². The zero-order chi connectivity index (χ0) is 18.0. The number of aromatic nitrogens is 2. The van der Waals surface area contributed by atoms with E-state index in [1.165, 1.54) is 12.1 Å². The molecule has 25 heavy (non-hydrogen) atoms. The fraction of sp³-hybridized carbons (Fsp3) is 0.444. The van der Waals surface area contributed by atoms with E-state index in [0.717, 1.165) is 36.6 Å². The van der Waals surface area contributed by atoms with Gasteiger partial charge in [-0.25, -0.2) is 9.97 Å². The van der Waals surface area contributed by atoms with E-state index in [9.17, 15) is 10.1 Å². The third-order valence-electron chi connectivity index (χ3n) is 4.69. The molecule has 7 heteroatoms. The lowest BCUT2D eigenvalue weighted by atomic mass is 9.96. The van der Waals surface area contributed by atoms with Crippen LogP contribution in [0.25, 0.3) is 11.4 Å². The van der Waals surface area contributed by atoms with Gasteiger partial charge in [-0.2, -0.15) is 0 Å². The number of non-ortho nitro benzene ring substituents is 1. The lowest BCUT2D eigenvalue weighted by Crippen LogP contribution is -2.44. The summed E-state index contributed by atoms with van der Waals surface area (Å²) in [6.45, 7) is 5.87.